The van der Waals surface area contributed by atoms with Crippen molar-refractivity contribution in [1.29, 1.82) is 0 Å². The summed E-state index contributed by atoms with van der Waals surface area (Å²) in [5.41, 5.74) is 4.48. The van der Waals surface area contributed by atoms with Crippen LogP contribution in [0, 0.1) is 0 Å². The van der Waals surface area contributed by atoms with Gasteiger partial charge in [-0.05, 0) is 0 Å². The van der Waals surface area contributed by atoms with Crippen molar-refractivity contribution in [3.63, 3.8) is 0 Å². The summed E-state index contributed by atoms with van der Waals surface area (Å²) < 4.78 is 13.5. The highest BCUT2D eigenvalue weighted by molar-refractivity contribution is 7.79. The maximum atomic E-state index is 13.5. The molecule has 0 saturated carbocycles. The van der Waals surface area contributed by atoms with Crippen molar-refractivity contribution in [1.82, 2.24) is 10.9 Å². The van der Waals surface area contributed by atoms with E-state index in [-0.39, 0.29) is 12.1 Å². The van der Waals surface area contributed by atoms with Gasteiger partial charge in [0.25, 0.3) is 0 Å². The van der Waals surface area contributed by atoms with Gasteiger partial charge in [-0.3, -0.25) is 20.4 Å². The van der Waals surface area contributed by atoms with Crippen molar-refractivity contribution in [3.05, 3.63) is 60.7 Å². The van der Waals surface area contributed by atoms with Gasteiger partial charge < -0.3 is 4.57 Å². The summed E-state index contributed by atoms with van der Waals surface area (Å²) in [6, 6.07) is 17.8. The van der Waals surface area contributed by atoms with Crippen LogP contribution < -0.4 is 21.5 Å². The number of hydrogen-bond donors (Lipinski definition) is 2. The predicted molar refractivity (Wildman–Crippen MR) is 86.6 cm³/mol. The predicted octanol–water partition coefficient (Wildman–Crippen LogP) is 1.17. The highest BCUT2D eigenvalue weighted by atomic mass is 31.2. The quantitative estimate of drug-likeness (QED) is 0.657. The number of carbonyl (C=O) groups is 2. The molecule has 22 heavy (non-hydrogen) atoms. The number of hydrogen-bond acceptors (Lipinski definition) is 3. The molecule has 2 aromatic rings. The van der Waals surface area contributed by atoms with Crippen LogP contribution in [0.2, 0.25) is 0 Å². The SMILES string of the molecule is CC(=O)NNC(=O)CP(=O)(c1ccccc1)c1ccccc1. The van der Waals surface area contributed by atoms with Crippen LogP contribution in [0.5, 0.6) is 0 Å². The van der Waals surface area contributed by atoms with Crippen molar-refractivity contribution < 1.29 is 14.2 Å². The number of carbonyl (C=O) groups excluding carboxylic acids is 2. The van der Waals surface area contributed by atoms with E-state index in [9.17, 15) is 14.2 Å². The molecule has 0 atom stereocenters. The summed E-state index contributed by atoms with van der Waals surface area (Å²) in [5.74, 6) is -0.881. The molecule has 0 heterocycles. The maximum Gasteiger partial charge on any atom is 0.246 e. The lowest BCUT2D eigenvalue weighted by atomic mass is 10.4. The van der Waals surface area contributed by atoms with Gasteiger partial charge in [0.05, 0.1) is 6.16 Å². The fourth-order valence-corrected chi connectivity index (χ4v) is 4.52. The van der Waals surface area contributed by atoms with Crippen LogP contribution in [0.3, 0.4) is 0 Å². The van der Waals surface area contributed by atoms with E-state index in [2.05, 4.69) is 10.9 Å². The molecule has 0 saturated heterocycles. The Hall–Kier alpha value is -2.39. The van der Waals surface area contributed by atoms with Gasteiger partial charge in [0.15, 0.2) is 7.14 Å². The Balaban J connectivity index is 2.33. The fourth-order valence-electron chi connectivity index (χ4n) is 2.07. The first-order chi connectivity index (χ1) is 10.5. The molecule has 0 aromatic heterocycles. The van der Waals surface area contributed by atoms with E-state index >= 15 is 0 Å². The van der Waals surface area contributed by atoms with Crippen LogP contribution in [0.15, 0.2) is 60.7 Å². The average Bonchev–Trinajstić information content (AvgIpc) is 2.54. The Labute approximate surface area is 129 Å². The van der Waals surface area contributed by atoms with E-state index in [0.29, 0.717) is 10.6 Å². The zero-order chi connectivity index (χ0) is 16.0. The molecule has 2 rings (SSSR count). The minimum absolute atomic E-state index is 0.207. The number of amides is 2. The Morgan fingerprint density at radius 2 is 1.32 bits per heavy atom. The molecule has 0 unspecified atom stereocenters. The highest BCUT2D eigenvalue weighted by Gasteiger charge is 2.30. The van der Waals surface area contributed by atoms with E-state index < -0.39 is 13.0 Å². The third-order valence-corrected chi connectivity index (χ3v) is 6.09. The Morgan fingerprint density at radius 1 is 0.864 bits per heavy atom. The van der Waals surface area contributed by atoms with Gasteiger partial charge >= 0.3 is 0 Å². The summed E-state index contributed by atoms with van der Waals surface area (Å²) >= 11 is 0. The summed E-state index contributed by atoms with van der Waals surface area (Å²) in [5, 5.41) is 1.22. The van der Waals surface area contributed by atoms with E-state index in [1.165, 1.54) is 6.92 Å². The highest BCUT2D eigenvalue weighted by Crippen LogP contribution is 2.42. The first-order valence-electron chi connectivity index (χ1n) is 6.78. The third kappa shape index (κ3) is 3.83. The van der Waals surface area contributed by atoms with Crippen molar-refractivity contribution in [2.24, 2.45) is 0 Å². The molecule has 2 amide bonds. The van der Waals surface area contributed by atoms with Gasteiger partial charge in [-0.25, -0.2) is 0 Å². The first-order valence-corrected chi connectivity index (χ1v) is 8.67. The third-order valence-electron chi connectivity index (χ3n) is 3.09. The molecular weight excluding hydrogens is 299 g/mol. The molecule has 114 valence electrons. The van der Waals surface area contributed by atoms with Gasteiger partial charge in [-0.1, -0.05) is 60.7 Å². The normalized spacial score (nSPS) is 10.8. The van der Waals surface area contributed by atoms with E-state index in [0.717, 1.165) is 0 Å². The van der Waals surface area contributed by atoms with Crippen molar-refractivity contribution >= 4 is 29.6 Å². The molecule has 0 aliphatic rings. The molecular formula is C16H17N2O3P. The molecule has 0 aliphatic heterocycles. The Kier molecular flexibility index (Phi) is 5.12. The number of rotatable bonds is 4. The van der Waals surface area contributed by atoms with Gasteiger partial charge in [0.2, 0.25) is 11.8 Å². The van der Waals surface area contributed by atoms with Crippen LogP contribution in [-0.2, 0) is 14.2 Å². The van der Waals surface area contributed by atoms with Crippen LogP contribution in [0.1, 0.15) is 6.92 Å². The molecule has 5 nitrogen and oxygen atoms in total. The molecule has 2 aromatic carbocycles. The second-order valence-corrected chi connectivity index (χ2v) is 7.63. The number of benzene rings is 2. The van der Waals surface area contributed by atoms with Gasteiger partial charge in [-0.15, -0.1) is 0 Å². The Bertz CT molecular complexity index is 658. The zero-order valence-electron chi connectivity index (χ0n) is 12.2. The fraction of sp³-hybridized carbons (Fsp3) is 0.125. The molecule has 0 bridgehead atoms. The van der Waals surface area contributed by atoms with Gasteiger partial charge in [-0.2, -0.15) is 0 Å². The second-order valence-electron chi connectivity index (χ2n) is 4.80. The summed E-state index contributed by atoms with van der Waals surface area (Å²) in [6.07, 6.45) is -0.207. The summed E-state index contributed by atoms with van der Waals surface area (Å²) in [4.78, 5) is 22.9. The molecule has 0 aliphatic carbocycles. The van der Waals surface area contributed by atoms with E-state index in [4.69, 9.17) is 0 Å². The van der Waals surface area contributed by atoms with Crippen LogP contribution in [0.25, 0.3) is 0 Å². The lowest BCUT2D eigenvalue weighted by Gasteiger charge is -2.19. The standard InChI is InChI=1S/C16H17N2O3P/c1-13(19)17-18-16(20)12-22(21,14-8-4-2-5-9-14)15-10-6-3-7-11-15/h2-11H,12H2,1H3,(H,17,19)(H,18,20). The molecule has 6 heteroatoms. The largest absolute Gasteiger partial charge is 0.313 e. The minimum atomic E-state index is -3.10. The maximum absolute atomic E-state index is 13.5. The molecule has 0 radical (unpaired) electrons. The number of nitrogens with one attached hydrogen (secondary N) is 2. The van der Waals surface area contributed by atoms with Gasteiger partial charge in [0.1, 0.15) is 0 Å². The van der Waals surface area contributed by atoms with E-state index in [1.54, 1.807) is 48.5 Å². The first kappa shape index (κ1) is 16.0. The van der Waals surface area contributed by atoms with Crippen molar-refractivity contribution in [3.8, 4) is 0 Å². The second kappa shape index (κ2) is 7.05. The Morgan fingerprint density at radius 3 is 1.73 bits per heavy atom. The monoisotopic (exact) mass is 316 g/mol. The summed E-state index contributed by atoms with van der Waals surface area (Å²) in [6.45, 7) is 1.29. The lowest BCUT2D eigenvalue weighted by Crippen LogP contribution is -2.42. The smallest absolute Gasteiger partial charge is 0.246 e. The summed E-state index contributed by atoms with van der Waals surface area (Å²) in [7, 11) is -3.10. The molecule has 2 N–H and O–H groups in total. The van der Waals surface area contributed by atoms with Crippen molar-refractivity contribution in [2.75, 3.05) is 6.16 Å². The lowest BCUT2D eigenvalue weighted by molar-refractivity contribution is -0.126. The molecule has 0 spiro atoms. The number of hydrazine groups is 1. The van der Waals surface area contributed by atoms with Crippen LogP contribution in [-0.4, -0.2) is 18.0 Å². The van der Waals surface area contributed by atoms with Crippen molar-refractivity contribution in [2.45, 2.75) is 6.92 Å². The van der Waals surface area contributed by atoms with Gasteiger partial charge in [0, 0.05) is 17.5 Å². The van der Waals surface area contributed by atoms with Crippen LogP contribution >= 0.6 is 7.14 Å². The average molecular weight is 316 g/mol. The van der Waals surface area contributed by atoms with E-state index in [1.807, 2.05) is 12.1 Å². The minimum Gasteiger partial charge on any atom is -0.313 e. The van der Waals surface area contributed by atoms with Crippen LogP contribution in [0.4, 0.5) is 0 Å². The topological polar surface area (TPSA) is 75.3 Å². The zero-order valence-corrected chi connectivity index (χ0v) is 13.0. The molecule has 0 fully saturated rings.